The number of nitrogens with one attached hydrogen (secondary N) is 2. The molecular weight excluding hydrogens is 343 g/mol. The highest BCUT2D eigenvalue weighted by Gasteiger charge is 2.08. The standard InChI is InChI=1S/C22H19FN2O2/c23-20-9-5-4-6-16(20)14-15-24-21(26)18-10-12-19(13-11-18)25-22(27)17-7-2-1-3-8-17/h1-13H,14-15H2,(H,24,26)(H,25,27). The summed E-state index contributed by atoms with van der Waals surface area (Å²) in [6.07, 6.45) is 0.420. The molecule has 3 aromatic rings. The van der Waals surface area contributed by atoms with E-state index in [-0.39, 0.29) is 17.6 Å². The summed E-state index contributed by atoms with van der Waals surface area (Å²) in [5, 5.41) is 5.55. The summed E-state index contributed by atoms with van der Waals surface area (Å²) in [6.45, 7) is 0.340. The number of anilines is 1. The van der Waals surface area contributed by atoms with E-state index in [9.17, 15) is 14.0 Å². The van der Waals surface area contributed by atoms with Crippen molar-refractivity contribution >= 4 is 17.5 Å². The smallest absolute Gasteiger partial charge is 0.255 e. The maximum Gasteiger partial charge on any atom is 0.255 e. The van der Waals surface area contributed by atoms with Crippen LogP contribution in [0.5, 0.6) is 0 Å². The molecule has 0 aliphatic rings. The van der Waals surface area contributed by atoms with Crippen LogP contribution in [-0.4, -0.2) is 18.4 Å². The van der Waals surface area contributed by atoms with E-state index in [1.807, 2.05) is 6.07 Å². The van der Waals surface area contributed by atoms with E-state index in [0.29, 0.717) is 35.3 Å². The maximum atomic E-state index is 13.6. The van der Waals surface area contributed by atoms with Gasteiger partial charge < -0.3 is 10.6 Å². The van der Waals surface area contributed by atoms with E-state index in [1.165, 1.54) is 6.07 Å². The molecule has 0 atom stereocenters. The lowest BCUT2D eigenvalue weighted by Crippen LogP contribution is -2.25. The molecule has 0 unspecified atom stereocenters. The van der Waals surface area contributed by atoms with E-state index in [1.54, 1.807) is 66.7 Å². The Morgan fingerprint density at radius 2 is 1.37 bits per heavy atom. The second-order valence-electron chi connectivity index (χ2n) is 5.99. The minimum atomic E-state index is -0.273. The van der Waals surface area contributed by atoms with Crippen LogP contribution in [0.3, 0.4) is 0 Å². The lowest BCUT2D eigenvalue weighted by atomic mass is 10.1. The van der Waals surface area contributed by atoms with Gasteiger partial charge in [-0.2, -0.15) is 0 Å². The fourth-order valence-electron chi connectivity index (χ4n) is 2.61. The molecule has 0 spiro atoms. The maximum absolute atomic E-state index is 13.6. The number of benzene rings is 3. The normalized spacial score (nSPS) is 10.3. The zero-order chi connectivity index (χ0) is 19.1. The van der Waals surface area contributed by atoms with Gasteiger partial charge in [0, 0.05) is 23.4 Å². The van der Waals surface area contributed by atoms with E-state index < -0.39 is 0 Å². The molecule has 0 saturated carbocycles. The molecule has 0 aromatic heterocycles. The van der Waals surface area contributed by atoms with Gasteiger partial charge in [-0.25, -0.2) is 4.39 Å². The molecule has 136 valence electrons. The third-order valence-electron chi connectivity index (χ3n) is 4.08. The fourth-order valence-corrected chi connectivity index (χ4v) is 2.61. The van der Waals surface area contributed by atoms with E-state index in [0.717, 1.165) is 0 Å². The number of carbonyl (C=O) groups is 2. The van der Waals surface area contributed by atoms with Crippen molar-refractivity contribution in [2.75, 3.05) is 11.9 Å². The first-order valence-electron chi connectivity index (χ1n) is 8.61. The van der Waals surface area contributed by atoms with Gasteiger partial charge in [-0.1, -0.05) is 36.4 Å². The number of hydrogen-bond donors (Lipinski definition) is 2. The number of carbonyl (C=O) groups excluding carboxylic acids is 2. The van der Waals surface area contributed by atoms with Crippen molar-refractivity contribution in [1.82, 2.24) is 5.32 Å². The number of halogens is 1. The van der Waals surface area contributed by atoms with Gasteiger partial charge in [-0.05, 0) is 54.4 Å². The van der Waals surface area contributed by atoms with Crippen molar-refractivity contribution in [2.45, 2.75) is 6.42 Å². The van der Waals surface area contributed by atoms with Gasteiger partial charge in [0.05, 0.1) is 0 Å². The second kappa shape index (κ2) is 8.76. The summed E-state index contributed by atoms with van der Waals surface area (Å²) in [4.78, 5) is 24.3. The minimum Gasteiger partial charge on any atom is -0.352 e. The predicted octanol–water partition coefficient (Wildman–Crippen LogP) is 4.05. The minimum absolute atomic E-state index is 0.210. The third kappa shape index (κ3) is 5.01. The fraction of sp³-hybridized carbons (Fsp3) is 0.0909. The topological polar surface area (TPSA) is 58.2 Å². The van der Waals surface area contributed by atoms with Crippen molar-refractivity contribution in [3.8, 4) is 0 Å². The average molecular weight is 362 g/mol. The Hall–Kier alpha value is -3.47. The van der Waals surface area contributed by atoms with Crippen molar-refractivity contribution in [3.63, 3.8) is 0 Å². The number of hydrogen-bond acceptors (Lipinski definition) is 2. The number of amides is 2. The zero-order valence-corrected chi connectivity index (χ0v) is 14.6. The van der Waals surface area contributed by atoms with Crippen LogP contribution in [0.4, 0.5) is 10.1 Å². The van der Waals surface area contributed by atoms with Crippen LogP contribution in [0, 0.1) is 5.82 Å². The van der Waals surface area contributed by atoms with Crippen molar-refractivity contribution < 1.29 is 14.0 Å². The van der Waals surface area contributed by atoms with Gasteiger partial charge in [0.25, 0.3) is 11.8 Å². The summed E-state index contributed by atoms with van der Waals surface area (Å²) in [5.74, 6) is -0.727. The van der Waals surface area contributed by atoms with Gasteiger partial charge in [0.1, 0.15) is 5.82 Å². The molecule has 0 aliphatic carbocycles. The summed E-state index contributed by atoms with van der Waals surface area (Å²) in [7, 11) is 0. The highest BCUT2D eigenvalue weighted by Crippen LogP contribution is 2.12. The van der Waals surface area contributed by atoms with Crippen LogP contribution >= 0.6 is 0 Å². The van der Waals surface area contributed by atoms with Crippen molar-refractivity contribution in [3.05, 3.63) is 101 Å². The Kier molecular flexibility index (Phi) is 5.94. The van der Waals surface area contributed by atoms with Crippen molar-refractivity contribution in [2.24, 2.45) is 0 Å². The molecule has 0 aliphatic heterocycles. The van der Waals surface area contributed by atoms with Crippen LogP contribution < -0.4 is 10.6 Å². The van der Waals surface area contributed by atoms with Crippen LogP contribution in [0.15, 0.2) is 78.9 Å². The molecule has 4 nitrogen and oxygen atoms in total. The summed E-state index contributed by atoms with van der Waals surface area (Å²) >= 11 is 0. The third-order valence-corrected chi connectivity index (χ3v) is 4.08. The van der Waals surface area contributed by atoms with E-state index >= 15 is 0 Å². The summed E-state index contributed by atoms with van der Waals surface area (Å²) in [6, 6.07) is 22.0. The molecule has 3 aromatic carbocycles. The van der Waals surface area contributed by atoms with Gasteiger partial charge in [0.15, 0.2) is 0 Å². The highest BCUT2D eigenvalue weighted by atomic mass is 19.1. The van der Waals surface area contributed by atoms with Crippen LogP contribution in [0.2, 0.25) is 0 Å². The van der Waals surface area contributed by atoms with E-state index in [4.69, 9.17) is 0 Å². The molecule has 0 fully saturated rings. The van der Waals surface area contributed by atoms with Crippen molar-refractivity contribution in [1.29, 1.82) is 0 Å². The highest BCUT2D eigenvalue weighted by molar-refractivity contribution is 6.04. The Morgan fingerprint density at radius 3 is 2.07 bits per heavy atom. The predicted molar refractivity (Wildman–Crippen MR) is 103 cm³/mol. The van der Waals surface area contributed by atoms with Gasteiger partial charge >= 0.3 is 0 Å². The van der Waals surface area contributed by atoms with Crippen LogP contribution in [0.1, 0.15) is 26.3 Å². The Labute approximate surface area is 157 Å². The molecule has 0 saturated heterocycles. The molecule has 27 heavy (non-hydrogen) atoms. The average Bonchev–Trinajstić information content (AvgIpc) is 2.70. The largest absolute Gasteiger partial charge is 0.352 e. The first kappa shape index (κ1) is 18.3. The molecule has 0 bridgehead atoms. The van der Waals surface area contributed by atoms with Crippen LogP contribution in [0.25, 0.3) is 0 Å². The molecular formula is C22H19FN2O2. The Morgan fingerprint density at radius 1 is 0.741 bits per heavy atom. The molecule has 2 amide bonds. The lowest BCUT2D eigenvalue weighted by molar-refractivity contribution is 0.0953. The first-order valence-corrected chi connectivity index (χ1v) is 8.61. The molecule has 0 radical (unpaired) electrons. The lowest BCUT2D eigenvalue weighted by Gasteiger charge is -2.08. The zero-order valence-electron chi connectivity index (χ0n) is 14.6. The SMILES string of the molecule is O=C(NCCc1ccccc1F)c1ccc(NC(=O)c2ccccc2)cc1. The quantitative estimate of drug-likeness (QED) is 0.695. The first-order chi connectivity index (χ1) is 13.1. The monoisotopic (exact) mass is 362 g/mol. The van der Waals surface area contributed by atoms with Gasteiger partial charge in [-0.3, -0.25) is 9.59 Å². The number of rotatable bonds is 6. The van der Waals surface area contributed by atoms with Gasteiger partial charge in [0.2, 0.25) is 0 Å². The molecule has 2 N–H and O–H groups in total. The van der Waals surface area contributed by atoms with E-state index in [2.05, 4.69) is 10.6 Å². The molecule has 0 heterocycles. The summed E-state index contributed by atoms with van der Waals surface area (Å²) in [5.41, 5.74) is 2.21. The second-order valence-corrected chi connectivity index (χ2v) is 5.99. The molecule has 3 rings (SSSR count). The van der Waals surface area contributed by atoms with Crippen LogP contribution in [-0.2, 0) is 6.42 Å². The Balaban J connectivity index is 1.53. The molecule has 5 heteroatoms. The summed E-state index contributed by atoms with van der Waals surface area (Å²) < 4.78 is 13.6. The Bertz CT molecular complexity index is 925. The van der Waals surface area contributed by atoms with Gasteiger partial charge in [-0.15, -0.1) is 0 Å².